The van der Waals surface area contributed by atoms with Crippen molar-refractivity contribution in [2.24, 2.45) is 5.92 Å². The van der Waals surface area contributed by atoms with Gasteiger partial charge in [0.25, 0.3) is 5.91 Å². The molecule has 0 unspecified atom stereocenters. The standard InChI is InChI=1S/C20H25BrN2O3/c1-4-26-19-16(21)10-14(11-18(19)25-3)9-15(12-22)20(24)23-17-8-6-5-7-13(17)2/h9-11,13,17H,4-8H2,1-3H3,(H,23,24)/b15-9+/t13-,17+/m0/s1. The average molecular weight is 421 g/mol. The Balaban J connectivity index is 2.23. The number of methoxy groups -OCH3 is 1. The molecule has 0 heterocycles. The minimum absolute atomic E-state index is 0.0842. The molecule has 1 aromatic carbocycles. The lowest BCUT2D eigenvalue weighted by Crippen LogP contribution is -2.41. The number of ether oxygens (including phenoxy) is 2. The van der Waals surface area contributed by atoms with Crippen LogP contribution in [-0.2, 0) is 4.79 Å². The van der Waals surface area contributed by atoms with Gasteiger partial charge in [0.2, 0.25) is 0 Å². The number of hydrogen-bond donors (Lipinski definition) is 1. The lowest BCUT2D eigenvalue weighted by Gasteiger charge is -2.29. The van der Waals surface area contributed by atoms with E-state index in [0.29, 0.717) is 34.1 Å². The predicted octanol–water partition coefficient (Wildman–Crippen LogP) is 4.46. The minimum Gasteiger partial charge on any atom is -0.493 e. The van der Waals surface area contributed by atoms with Crippen molar-refractivity contribution in [1.29, 1.82) is 5.26 Å². The van der Waals surface area contributed by atoms with E-state index in [0.717, 1.165) is 19.3 Å². The second kappa shape index (κ2) is 9.63. The summed E-state index contributed by atoms with van der Waals surface area (Å²) in [6.07, 6.45) is 5.97. The van der Waals surface area contributed by atoms with Crippen molar-refractivity contribution in [1.82, 2.24) is 5.32 Å². The van der Waals surface area contributed by atoms with Gasteiger partial charge in [-0.1, -0.05) is 19.8 Å². The molecule has 2 rings (SSSR count). The third kappa shape index (κ3) is 5.01. The van der Waals surface area contributed by atoms with E-state index in [4.69, 9.17) is 9.47 Å². The fourth-order valence-electron chi connectivity index (χ4n) is 3.20. The third-order valence-electron chi connectivity index (χ3n) is 4.64. The number of nitriles is 1. The molecule has 1 fully saturated rings. The van der Waals surface area contributed by atoms with Crippen molar-refractivity contribution in [3.8, 4) is 17.6 Å². The summed E-state index contributed by atoms with van der Waals surface area (Å²) in [6, 6.07) is 5.71. The Kier molecular flexibility index (Phi) is 7.52. The van der Waals surface area contributed by atoms with Crippen LogP contribution in [0.4, 0.5) is 0 Å². The van der Waals surface area contributed by atoms with Crippen LogP contribution in [0, 0.1) is 17.2 Å². The molecule has 0 radical (unpaired) electrons. The van der Waals surface area contributed by atoms with E-state index in [1.165, 1.54) is 6.42 Å². The molecule has 0 bridgehead atoms. The third-order valence-corrected chi connectivity index (χ3v) is 5.23. The first-order valence-corrected chi connectivity index (χ1v) is 9.72. The second-order valence-electron chi connectivity index (χ2n) is 6.48. The van der Waals surface area contributed by atoms with Crippen molar-refractivity contribution in [3.63, 3.8) is 0 Å². The summed E-state index contributed by atoms with van der Waals surface area (Å²) < 4.78 is 11.6. The first-order chi connectivity index (χ1) is 12.5. The smallest absolute Gasteiger partial charge is 0.262 e. The molecule has 0 saturated heterocycles. The Labute approximate surface area is 163 Å². The van der Waals surface area contributed by atoms with Crippen LogP contribution in [0.1, 0.15) is 45.1 Å². The fourth-order valence-corrected chi connectivity index (χ4v) is 3.77. The van der Waals surface area contributed by atoms with Gasteiger partial charge in [0.05, 0.1) is 18.2 Å². The molecule has 5 nitrogen and oxygen atoms in total. The molecule has 0 aromatic heterocycles. The second-order valence-corrected chi connectivity index (χ2v) is 7.33. The first-order valence-electron chi connectivity index (χ1n) is 8.93. The molecule has 26 heavy (non-hydrogen) atoms. The monoisotopic (exact) mass is 420 g/mol. The van der Waals surface area contributed by atoms with Crippen LogP contribution >= 0.6 is 15.9 Å². The summed E-state index contributed by atoms with van der Waals surface area (Å²) in [6.45, 7) is 4.55. The Morgan fingerprint density at radius 3 is 2.77 bits per heavy atom. The maximum atomic E-state index is 12.5. The van der Waals surface area contributed by atoms with E-state index in [9.17, 15) is 10.1 Å². The molecule has 0 spiro atoms. The zero-order valence-corrected chi connectivity index (χ0v) is 17.1. The molecule has 2 atom stereocenters. The summed E-state index contributed by atoms with van der Waals surface area (Å²) >= 11 is 3.46. The molecule has 0 aliphatic heterocycles. The van der Waals surface area contributed by atoms with E-state index < -0.39 is 0 Å². The number of halogens is 1. The lowest BCUT2D eigenvalue weighted by atomic mass is 9.86. The summed E-state index contributed by atoms with van der Waals surface area (Å²) in [5, 5.41) is 12.5. The molecule has 1 aromatic rings. The molecule has 1 N–H and O–H groups in total. The van der Waals surface area contributed by atoms with E-state index in [1.54, 1.807) is 25.3 Å². The van der Waals surface area contributed by atoms with Gasteiger partial charge in [0.1, 0.15) is 11.6 Å². The van der Waals surface area contributed by atoms with Crippen molar-refractivity contribution < 1.29 is 14.3 Å². The summed E-state index contributed by atoms with van der Waals surface area (Å²) in [5.41, 5.74) is 0.779. The van der Waals surface area contributed by atoms with E-state index in [-0.39, 0.29) is 17.5 Å². The van der Waals surface area contributed by atoms with Gasteiger partial charge in [-0.25, -0.2) is 0 Å². The zero-order chi connectivity index (χ0) is 19.1. The maximum Gasteiger partial charge on any atom is 0.262 e. The van der Waals surface area contributed by atoms with Crippen LogP contribution in [0.25, 0.3) is 6.08 Å². The maximum absolute atomic E-state index is 12.5. The van der Waals surface area contributed by atoms with Crippen molar-refractivity contribution in [2.75, 3.05) is 13.7 Å². The highest BCUT2D eigenvalue weighted by atomic mass is 79.9. The van der Waals surface area contributed by atoms with Gasteiger partial charge in [-0.05, 0) is 65.4 Å². The number of rotatable bonds is 6. The van der Waals surface area contributed by atoms with Gasteiger partial charge in [0.15, 0.2) is 11.5 Å². The Hall–Kier alpha value is -2.00. The normalized spacial score (nSPS) is 20.2. The van der Waals surface area contributed by atoms with Gasteiger partial charge >= 0.3 is 0 Å². The largest absolute Gasteiger partial charge is 0.493 e. The quantitative estimate of drug-likeness (QED) is 0.544. The molecular formula is C20H25BrN2O3. The van der Waals surface area contributed by atoms with Gasteiger partial charge in [-0.3, -0.25) is 4.79 Å². The van der Waals surface area contributed by atoms with Crippen molar-refractivity contribution >= 4 is 27.9 Å². The topological polar surface area (TPSA) is 71.3 Å². The van der Waals surface area contributed by atoms with Gasteiger partial charge < -0.3 is 14.8 Å². The highest BCUT2D eigenvalue weighted by Crippen LogP contribution is 2.37. The summed E-state index contributed by atoms with van der Waals surface area (Å²) in [5.74, 6) is 1.26. The number of amides is 1. The van der Waals surface area contributed by atoms with Crippen LogP contribution in [0.5, 0.6) is 11.5 Å². The van der Waals surface area contributed by atoms with Crippen LogP contribution in [0.2, 0.25) is 0 Å². The van der Waals surface area contributed by atoms with E-state index in [1.807, 2.05) is 13.0 Å². The van der Waals surface area contributed by atoms with Crippen LogP contribution in [0.15, 0.2) is 22.2 Å². The number of nitrogens with zero attached hydrogens (tertiary/aromatic N) is 1. The highest BCUT2D eigenvalue weighted by Gasteiger charge is 2.24. The van der Waals surface area contributed by atoms with Crippen LogP contribution in [-0.4, -0.2) is 25.7 Å². The van der Waals surface area contributed by atoms with Crippen molar-refractivity contribution in [2.45, 2.75) is 45.6 Å². The molecule has 1 amide bonds. The molecule has 1 aliphatic rings. The average Bonchev–Trinajstić information content (AvgIpc) is 2.63. The number of carbonyl (C=O) groups excluding carboxylic acids is 1. The number of hydrogen-bond acceptors (Lipinski definition) is 4. The van der Waals surface area contributed by atoms with Crippen molar-refractivity contribution in [3.05, 3.63) is 27.7 Å². The summed E-state index contributed by atoms with van der Waals surface area (Å²) in [7, 11) is 1.56. The number of benzene rings is 1. The molecule has 1 saturated carbocycles. The first kappa shape index (κ1) is 20.3. The molecule has 140 valence electrons. The van der Waals surface area contributed by atoms with E-state index >= 15 is 0 Å². The summed E-state index contributed by atoms with van der Waals surface area (Å²) in [4.78, 5) is 12.5. The Bertz CT molecular complexity index is 725. The Morgan fingerprint density at radius 1 is 1.42 bits per heavy atom. The minimum atomic E-state index is -0.324. The number of carbonyl (C=O) groups is 1. The SMILES string of the molecule is CCOc1c(Br)cc(/C=C(\C#N)C(=O)N[C@@H]2CCCC[C@@H]2C)cc1OC. The van der Waals surface area contributed by atoms with Gasteiger partial charge in [0, 0.05) is 6.04 Å². The lowest BCUT2D eigenvalue weighted by molar-refractivity contribution is -0.118. The molecule has 1 aliphatic carbocycles. The van der Waals surface area contributed by atoms with Gasteiger partial charge in [-0.15, -0.1) is 0 Å². The van der Waals surface area contributed by atoms with Crippen LogP contribution in [0.3, 0.4) is 0 Å². The Morgan fingerprint density at radius 2 is 2.15 bits per heavy atom. The number of nitrogens with one attached hydrogen (secondary N) is 1. The predicted molar refractivity (Wildman–Crippen MR) is 105 cm³/mol. The van der Waals surface area contributed by atoms with E-state index in [2.05, 4.69) is 28.2 Å². The highest BCUT2D eigenvalue weighted by molar-refractivity contribution is 9.10. The van der Waals surface area contributed by atoms with Gasteiger partial charge in [-0.2, -0.15) is 5.26 Å². The zero-order valence-electron chi connectivity index (χ0n) is 15.5. The molecule has 6 heteroatoms. The molecular weight excluding hydrogens is 396 g/mol. The van der Waals surface area contributed by atoms with Crippen LogP contribution < -0.4 is 14.8 Å². The fraction of sp³-hybridized carbons (Fsp3) is 0.500.